The molecule has 0 heterocycles. The fourth-order valence-corrected chi connectivity index (χ4v) is 2.71. The van der Waals surface area contributed by atoms with E-state index in [1.807, 2.05) is 11.8 Å². The number of hydrogen-bond acceptors (Lipinski definition) is 1. The van der Waals surface area contributed by atoms with Crippen LogP contribution in [0.5, 0.6) is 0 Å². The van der Waals surface area contributed by atoms with E-state index in [0.717, 1.165) is 11.1 Å². The highest BCUT2D eigenvalue weighted by Gasteiger charge is 1.93. The first-order valence-corrected chi connectivity index (χ1v) is 6.80. The van der Waals surface area contributed by atoms with Gasteiger partial charge in [0.25, 0.3) is 0 Å². The van der Waals surface area contributed by atoms with Crippen LogP contribution in [0.2, 0.25) is 0 Å². The van der Waals surface area contributed by atoms with Gasteiger partial charge >= 0.3 is 0 Å². The Morgan fingerprint density at radius 1 is 1.38 bits per heavy atom. The SMILES string of the molecule is Cc1cccc(CSCCCBr)c1. The fourth-order valence-electron chi connectivity index (χ4n) is 1.15. The maximum atomic E-state index is 3.43. The van der Waals surface area contributed by atoms with Crippen molar-refractivity contribution in [3.63, 3.8) is 0 Å². The van der Waals surface area contributed by atoms with Crippen molar-refractivity contribution in [2.24, 2.45) is 0 Å². The Hall–Kier alpha value is 0.0500. The second-order valence-corrected chi connectivity index (χ2v) is 4.98. The van der Waals surface area contributed by atoms with Crippen LogP contribution in [0.15, 0.2) is 24.3 Å². The Balaban J connectivity index is 2.28. The van der Waals surface area contributed by atoms with Crippen LogP contribution in [-0.2, 0) is 5.75 Å². The summed E-state index contributed by atoms with van der Waals surface area (Å²) in [5.74, 6) is 2.40. The summed E-state index contributed by atoms with van der Waals surface area (Å²) in [5.41, 5.74) is 2.80. The summed E-state index contributed by atoms with van der Waals surface area (Å²) in [6.45, 7) is 2.15. The zero-order valence-electron chi connectivity index (χ0n) is 7.92. The highest BCUT2D eigenvalue weighted by Crippen LogP contribution is 2.14. The minimum atomic E-state index is 1.12. The molecule has 0 aliphatic heterocycles. The Labute approximate surface area is 93.2 Å². The molecule has 0 atom stereocenters. The van der Waals surface area contributed by atoms with E-state index in [1.165, 1.54) is 23.3 Å². The van der Waals surface area contributed by atoms with Crippen molar-refractivity contribution in [2.75, 3.05) is 11.1 Å². The summed E-state index contributed by atoms with van der Waals surface area (Å²) in [6, 6.07) is 8.75. The van der Waals surface area contributed by atoms with Gasteiger partial charge in [0.15, 0.2) is 0 Å². The van der Waals surface area contributed by atoms with Crippen molar-refractivity contribution in [1.29, 1.82) is 0 Å². The summed E-state index contributed by atoms with van der Waals surface area (Å²) in [5, 5.41) is 1.12. The third-order valence-electron chi connectivity index (χ3n) is 1.77. The first kappa shape index (κ1) is 11.1. The predicted molar refractivity (Wildman–Crippen MR) is 65.8 cm³/mol. The Kier molecular flexibility index (Phi) is 5.56. The smallest absolute Gasteiger partial charge is 0.0184 e. The lowest BCUT2D eigenvalue weighted by atomic mass is 10.2. The van der Waals surface area contributed by atoms with Gasteiger partial charge in [0.2, 0.25) is 0 Å². The molecule has 0 saturated carbocycles. The number of rotatable bonds is 5. The average Bonchev–Trinajstić information content (AvgIpc) is 2.13. The van der Waals surface area contributed by atoms with Crippen molar-refractivity contribution in [1.82, 2.24) is 0 Å². The lowest BCUT2D eigenvalue weighted by molar-refractivity contribution is 1.13. The van der Waals surface area contributed by atoms with Gasteiger partial charge in [0, 0.05) is 11.1 Å². The molecule has 2 heteroatoms. The van der Waals surface area contributed by atoms with E-state index < -0.39 is 0 Å². The second kappa shape index (κ2) is 6.50. The van der Waals surface area contributed by atoms with Crippen molar-refractivity contribution in [2.45, 2.75) is 19.1 Å². The first-order chi connectivity index (χ1) is 6.33. The monoisotopic (exact) mass is 258 g/mol. The summed E-state index contributed by atoms with van der Waals surface area (Å²) in [6.07, 6.45) is 1.26. The third-order valence-corrected chi connectivity index (χ3v) is 3.45. The van der Waals surface area contributed by atoms with E-state index in [-0.39, 0.29) is 0 Å². The van der Waals surface area contributed by atoms with Crippen molar-refractivity contribution >= 4 is 27.7 Å². The van der Waals surface area contributed by atoms with Crippen LogP contribution in [0.3, 0.4) is 0 Å². The van der Waals surface area contributed by atoms with E-state index in [4.69, 9.17) is 0 Å². The number of halogens is 1. The van der Waals surface area contributed by atoms with Gasteiger partial charge in [0.1, 0.15) is 0 Å². The molecule has 1 rings (SSSR count). The van der Waals surface area contributed by atoms with Crippen LogP contribution in [0, 0.1) is 6.92 Å². The van der Waals surface area contributed by atoms with Gasteiger partial charge in [-0.05, 0) is 24.7 Å². The van der Waals surface area contributed by atoms with Crippen LogP contribution in [0.4, 0.5) is 0 Å². The summed E-state index contributed by atoms with van der Waals surface area (Å²) in [7, 11) is 0. The number of thioether (sulfide) groups is 1. The lowest BCUT2D eigenvalue weighted by Gasteiger charge is -2.01. The summed E-state index contributed by atoms with van der Waals surface area (Å²) in [4.78, 5) is 0. The lowest BCUT2D eigenvalue weighted by Crippen LogP contribution is -1.85. The molecule has 0 bridgehead atoms. The van der Waals surface area contributed by atoms with Gasteiger partial charge < -0.3 is 0 Å². The largest absolute Gasteiger partial charge is 0.157 e. The normalized spacial score (nSPS) is 10.3. The molecule has 1 aromatic rings. The minimum Gasteiger partial charge on any atom is -0.157 e. The third kappa shape index (κ3) is 4.72. The number of aryl methyl sites for hydroxylation is 1. The van der Waals surface area contributed by atoms with Crippen LogP contribution in [0.25, 0.3) is 0 Å². The van der Waals surface area contributed by atoms with Crippen molar-refractivity contribution < 1.29 is 0 Å². The fraction of sp³-hybridized carbons (Fsp3) is 0.455. The van der Waals surface area contributed by atoms with Gasteiger partial charge in [-0.3, -0.25) is 0 Å². The number of benzene rings is 1. The molecule has 0 unspecified atom stereocenters. The molecule has 0 aliphatic rings. The molecule has 0 N–H and O–H groups in total. The maximum absolute atomic E-state index is 3.43. The number of alkyl halides is 1. The van der Waals surface area contributed by atoms with Gasteiger partial charge in [-0.2, -0.15) is 11.8 Å². The predicted octanol–water partition coefficient (Wildman–Crippen LogP) is 4.01. The molecule has 0 radical (unpaired) electrons. The molecule has 13 heavy (non-hydrogen) atoms. The molecule has 0 nitrogen and oxygen atoms in total. The zero-order chi connectivity index (χ0) is 9.52. The van der Waals surface area contributed by atoms with E-state index in [0.29, 0.717) is 0 Å². The molecule has 1 aromatic carbocycles. The summed E-state index contributed by atoms with van der Waals surface area (Å²) < 4.78 is 0. The topological polar surface area (TPSA) is 0 Å². The average molecular weight is 259 g/mol. The minimum absolute atomic E-state index is 1.12. The van der Waals surface area contributed by atoms with Gasteiger partial charge in [-0.25, -0.2) is 0 Å². The molecule has 72 valence electrons. The molecule has 0 aliphatic carbocycles. The van der Waals surface area contributed by atoms with Crippen LogP contribution in [-0.4, -0.2) is 11.1 Å². The van der Waals surface area contributed by atoms with Crippen molar-refractivity contribution in [3.8, 4) is 0 Å². The molecule has 0 spiro atoms. The Morgan fingerprint density at radius 3 is 2.92 bits per heavy atom. The maximum Gasteiger partial charge on any atom is 0.0184 e. The second-order valence-electron chi connectivity index (χ2n) is 3.08. The van der Waals surface area contributed by atoms with E-state index in [1.54, 1.807) is 0 Å². The van der Waals surface area contributed by atoms with Crippen LogP contribution >= 0.6 is 27.7 Å². The molecule has 0 amide bonds. The van der Waals surface area contributed by atoms with Crippen LogP contribution < -0.4 is 0 Å². The quantitative estimate of drug-likeness (QED) is 0.568. The van der Waals surface area contributed by atoms with E-state index in [9.17, 15) is 0 Å². The molecule has 0 aromatic heterocycles. The summed E-state index contributed by atoms with van der Waals surface area (Å²) >= 11 is 5.44. The van der Waals surface area contributed by atoms with Gasteiger partial charge in [-0.15, -0.1) is 0 Å². The Bertz CT molecular complexity index is 248. The van der Waals surface area contributed by atoms with Crippen LogP contribution in [0.1, 0.15) is 17.5 Å². The van der Waals surface area contributed by atoms with E-state index >= 15 is 0 Å². The molecule has 0 saturated heterocycles. The van der Waals surface area contributed by atoms with Gasteiger partial charge in [-0.1, -0.05) is 45.8 Å². The molecule has 0 fully saturated rings. The zero-order valence-corrected chi connectivity index (χ0v) is 10.3. The van der Waals surface area contributed by atoms with E-state index in [2.05, 4.69) is 47.1 Å². The molecular formula is C11H15BrS. The highest BCUT2D eigenvalue weighted by atomic mass is 79.9. The Morgan fingerprint density at radius 2 is 2.23 bits per heavy atom. The van der Waals surface area contributed by atoms with Crippen molar-refractivity contribution in [3.05, 3.63) is 35.4 Å². The first-order valence-electron chi connectivity index (χ1n) is 4.52. The number of hydrogen-bond donors (Lipinski definition) is 0. The highest BCUT2D eigenvalue weighted by molar-refractivity contribution is 9.09. The standard InChI is InChI=1S/C11H15BrS/c1-10-4-2-5-11(8-10)9-13-7-3-6-12/h2,4-5,8H,3,6-7,9H2,1H3. The van der Waals surface area contributed by atoms with Gasteiger partial charge in [0.05, 0.1) is 0 Å². The molecular weight excluding hydrogens is 244 g/mol.